The van der Waals surface area contributed by atoms with Crippen LogP contribution in [0.15, 0.2) is 30.3 Å². The maximum Gasteiger partial charge on any atom is 0.224 e. The van der Waals surface area contributed by atoms with Gasteiger partial charge in [-0.3, -0.25) is 4.79 Å². The first-order valence-electron chi connectivity index (χ1n) is 11.7. The molecule has 0 saturated carbocycles. The Morgan fingerprint density at radius 3 is 1.68 bits per heavy atom. The minimum absolute atomic E-state index is 0.137. The smallest absolute Gasteiger partial charge is 0.224 e. The lowest BCUT2D eigenvalue weighted by molar-refractivity contribution is -0.117. The molecule has 3 unspecified atom stereocenters. The highest BCUT2D eigenvalue weighted by Gasteiger charge is 2.11. The number of carbonyl (C=O) groups excluding carboxylic acids is 1. The minimum atomic E-state index is 0.137. The fourth-order valence-corrected chi connectivity index (χ4v) is 3.94. The van der Waals surface area contributed by atoms with E-state index < -0.39 is 0 Å². The van der Waals surface area contributed by atoms with Crippen molar-refractivity contribution in [3.63, 3.8) is 0 Å². The molecule has 1 N–H and O–H groups in total. The molecule has 0 aliphatic rings. The fourth-order valence-electron chi connectivity index (χ4n) is 3.94. The summed E-state index contributed by atoms with van der Waals surface area (Å²) in [6.45, 7) is 11.7. The molecule has 1 rings (SSSR count). The summed E-state index contributed by atoms with van der Waals surface area (Å²) in [5.74, 6) is 3.14. The van der Waals surface area contributed by atoms with Crippen molar-refractivity contribution in [2.24, 2.45) is 23.7 Å². The summed E-state index contributed by atoms with van der Waals surface area (Å²) in [5, 5.41) is 2.99. The number of para-hydroxylation sites is 1. The summed E-state index contributed by atoms with van der Waals surface area (Å²) in [6.07, 6.45) is 12.6. The summed E-state index contributed by atoms with van der Waals surface area (Å²) in [7, 11) is 0. The molecule has 0 spiro atoms. The molecule has 0 aliphatic carbocycles. The van der Waals surface area contributed by atoms with Gasteiger partial charge in [-0.2, -0.15) is 0 Å². The van der Waals surface area contributed by atoms with E-state index in [0.717, 1.165) is 29.9 Å². The van der Waals surface area contributed by atoms with E-state index in [4.69, 9.17) is 0 Å². The van der Waals surface area contributed by atoms with Crippen LogP contribution in [0.5, 0.6) is 0 Å². The molecule has 2 nitrogen and oxygen atoms in total. The second kappa shape index (κ2) is 14.7. The van der Waals surface area contributed by atoms with Crippen LogP contribution in [0.4, 0.5) is 5.69 Å². The lowest BCUT2D eigenvalue weighted by Gasteiger charge is -2.16. The molecule has 0 aromatic heterocycles. The molecule has 0 fully saturated rings. The summed E-state index contributed by atoms with van der Waals surface area (Å²) in [6, 6.07) is 9.75. The third-order valence-corrected chi connectivity index (χ3v) is 5.86. The van der Waals surface area contributed by atoms with Crippen LogP contribution in [-0.4, -0.2) is 5.91 Å². The van der Waals surface area contributed by atoms with Crippen molar-refractivity contribution in [2.75, 3.05) is 5.32 Å². The van der Waals surface area contributed by atoms with Crippen molar-refractivity contribution in [3.05, 3.63) is 30.3 Å². The zero-order valence-electron chi connectivity index (χ0n) is 19.2. The Morgan fingerprint density at radius 2 is 1.18 bits per heavy atom. The molecule has 0 saturated heterocycles. The highest BCUT2D eigenvalue weighted by molar-refractivity contribution is 5.90. The van der Waals surface area contributed by atoms with E-state index in [-0.39, 0.29) is 5.91 Å². The average Bonchev–Trinajstić information content (AvgIpc) is 2.62. The number of anilines is 1. The van der Waals surface area contributed by atoms with Gasteiger partial charge < -0.3 is 5.32 Å². The van der Waals surface area contributed by atoms with Crippen molar-refractivity contribution in [2.45, 2.75) is 98.8 Å². The number of hydrogen-bond donors (Lipinski definition) is 1. The third-order valence-electron chi connectivity index (χ3n) is 5.86. The largest absolute Gasteiger partial charge is 0.326 e. The first kappa shape index (κ1) is 24.7. The van der Waals surface area contributed by atoms with Gasteiger partial charge in [-0.05, 0) is 35.8 Å². The predicted octanol–water partition coefficient (Wildman–Crippen LogP) is 8.09. The Kier molecular flexibility index (Phi) is 12.9. The number of carbonyl (C=O) groups is 1. The van der Waals surface area contributed by atoms with Crippen molar-refractivity contribution < 1.29 is 4.79 Å². The maximum absolute atomic E-state index is 12.1. The van der Waals surface area contributed by atoms with Gasteiger partial charge in [-0.1, -0.05) is 111 Å². The highest BCUT2D eigenvalue weighted by atomic mass is 16.1. The van der Waals surface area contributed by atoms with Gasteiger partial charge in [0.15, 0.2) is 0 Å². The van der Waals surface area contributed by atoms with Gasteiger partial charge in [-0.25, -0.2) is 0 Å². The SMILES string of the molecule is CC(C)CCCC(C)CCCC(C)CCCC(C)CC(=O)Nc1ccccc1. The van der Waals surface area contributed by atoms with Crippen LogP contribution in [0.25, 0.3) is 0 Å². The first-order valence-corrected chi connectivity index (χ1v) is 11.7. The standard InChI is InChI=1S/C26H45NO/c1-21(2)12-9-13-22(3)14-10-15-23(4)16-11-17-24(5)20-26(28)27-25-18-7-6-8-19-25/h6-8,18-19,21-24H,9-17,20H2,1-5H3,(H,27,28). The van der Waals surface area contributed by atoms with Gasteiger partial charge in [0.05, 0.1) is 0 Å². The van der Waals surface area contributed by atoms with Gasteiger partial charge in [0, 0.05) is 12.1 Å². The van der Waals surface area contributed by atoms with Gasteiger partial charge in [-0.15, -0.1) is 0 Å². The van der Waals surface area contributed by atoms with Crippen molar-refractivity contribution in [3.8, 4) is 0 Å². The van der Waals surface area contributed by atoms with E-state index in [1.807, 2.05) is 30.3 Å². The van der Waals surface area contributed by atoms with Gasteiger partial charge in [0.1, 0.15) is 0 Å². The summed E-state index contributed by atoms with van der Waals surface area (Å²) in [5.41, 5.74) is 0.895. The molecule has 1 amide bonds. The number of hydrogen-bond acceptors (Lipinski definition) is 1. The predicted molar refractivity (Wildman–Crippen MR) is 124 cm³/mol. The molecule has 0 aliphatic heterocycles. The van der Waals surface area contributed by atoms with Crippen LogP contribution in [0.2, 0.25) is 0 Å². The van der Waals surface area contributed by atoms with Gasteiger partial charge >= 0.3 is 0 Å². The molecule has 2 heteroatoms. The van der Waals surface area contributed by atoms with Crippen molar-refractivity contribution in [1.29, 1.82) is 0 Å². The summed E-state index contributed by atoms with van der Waals surface area (Å²) >= 11 is 0. The topological polar surface area (TPSA) is 29.1 Å². The molecule has 0 radical (unpaired) electrons. The monoisotopic (exact) mass is 387 g/mol. The summed E-state index contributed by atoms with van der Waals surface area (Å²) in [4.78, 5) is 12.1. The van der Waals surface area contributed by atoms with Crippen LogP contribution in [-0.2, 0) is 4.79 Å². The van der Waals surface area contributed by atoms with Gasteiger partial charge in [0.25, 0.3) is 0 Å². The van der Waals surface area contributed by atoms with Crippen LogP contribution in [0.3, 0.4) is 0 Å². The van der Waals surface area contributed by atoms with E-state index in [0.29, 0.717) is 12.3 Å². The van der Waals surface area contributed by atoms with E-state index in [9.17, 15) is 4.79 Å². The Bertz CT molecular complexity index is 510. The molecule has 160 valence electrons. The minimum Gasteiger partial charge on any atom is -0.326 e. The van der Waals surface area contributed by atoms with E-state index >= 15 is 0 Å². The maximum atomic E-state index is 12.1. The number of rotatable bonds is 15. The van der Waals surface area contributed by atoms with Crippen LogP contribution >= 0.6 is 0 Å². The number of amides is 1. The zero-order chi connectivity index (χ0) is 20.8. The lowest BCUT2D eigenvalue weighted by atomic mass is 9.90. The van der Waals surface area contributed by atoms with E-state index in [2.05, 4.69) is 39.9 Å². The molecule has 1 aromatic rings. The second-order valence-corrected chi connectivity index (χ2v) is 9.62. The van der Waals surface area contributed by atoms with Crippen LogP contribution < -0.4 is 5.32 Å². The quantitative estimate of drug-likeness (QED) is 0.323. The molecule has 0 bridgehead atoms. The Labute approximate surface area is 174 Å². The fraction of sp³-hybridized carbons (Fsp3) is 0.731. The first-order chi connectivity index (χ1) is 13.4. The van der Waals surface area contributed by atoms with Crippen molar-refractivity contribution >= 4 is 11.6 Å². The average molecular weight is 388 g/mol. The molecular formula is C26H45NO. The van der Waals surface area contributed by atoms with Gasteiger partial charge in [0.2, 0.25) is 5.91 Å². The van der Waals surface area contributed by atoms with E-state index in [1.54, 1.807) is 0 Å². The molecule has 1 aromatic carbocycles. The molecule has 28 heavy (non-hydrogen) atoms. The number of nitrogens with one attached hydrogen (secondary N) is 1. The molecular weight excluding hydrogens is 342 g/mol. The molecule has 3 atom stereocenters. The Morgan fingerprint density at radius 1 is 0.714 bits per heavy atom. The second-order valence-electron chi connectivity index (χ2n) is 9.62. The van der Waals surface area contributed by atoms with Crippen LogP contribution in [0.1, 0.15) is 98.8 Å². The Balaban J connectivity index is 2.05. The summed E-state index contributed by atoms with van der Waals surface area (Å²) < 4.78 is 0. The third kappa shape index (κ3) is 13.0. The van der Waals surface area contributed by atoms with E-state index in [1.165, 1.54) is 51.4 Å². The molecule has 0 heterocycles. The highest BCUT2D eigenvalue weighted by Crippen LogP contribution is 2.22. The zero-order valence-corrected chi connectivity index (χ0v) is 19.2. The normalized spacial score (nSPS) is 14.6. The Hall–Kier alpha value is -1.31. The van der Waals surface area contributed by atoms with Crippen LogP contribution in [0, 0.1) is 23.7 Å². The number of benzene rings is 1. The lowest BCUT2D eigenvalue weighted by Crippen LogP contribution is -2.15. The van der Waals surface area contributed by atoms with Crippen molar-refractivity contribution in [1.82, 2.24) is 0 Å².